The zero-order valence-electron chi connectivity index (χ0n) is 9.68. The third-order valence-corrected chi connectivity index (χ3v) is 3.96. The van der Waals surface area contributed by atoms with Gasteiger partial charge in [-0.2, -0.15) is 0 Å². The van der Waals surface area contributed by atoms with E-state index in [1.807, 2.05) is 0 Å². The Labute approximate surface area is 88.1 Å². The molecule has 0 amide bonds. The predicted octanol–water partition coefficient (Wildman–Crippen LogP) is 1.86. The average molecular weight is 196 g/mol. The van der Waals surface area contributed by atoms with Gasteiger partial charge in [0.2, 0.25) is 0 Å². The van der Waals surface area contributed by atoms with Gasteiger partial charge in [0.1, 0.15) is 0 Å². The highest BCUT2D eigenvalue weighted by atomic mass is 15.1. The van der Waals surface area contributed by atoms with Gasteiger partial charge in [-0.15, -0.1) is 0 Å². The second-order valence-corrected chi connectivity index (χ2v) is 5.40. The monoisotopic (exact) mass is 196 g/mol. The van der Waals surface area contributed by atoms with Crippen molar-refractivity contribution in [1.29, 1.82) is 0 Å². The van der Waals surface area contributed by atoms with E-state index in [0.29, 0.717) is 5.41 Å². The van der Waals surface area contributed by atoms with E-state index >= 15 is 0 Å². The smallest absolute Gasteiger partial charge is 0.00916 e. The number of piperidine rings is 1. The maximum Gasteiger partial charge on any atom is 0.00916 e. The number of hydrogen-bond acceptors (Lipinski definition) is 2. The van der Waals surface area contributed by atoms with Crippen LogP contribution in [0.15, 0.2) is 0 Å². The molecule has 1 aliphatic heterocycles. The van der Waals surface area contributed by atoms with Crippen molar-refractivity contribution in [2.45, 2.75) is 45.6 Å². The molecule has 0 spiro atoms. The lowest BCUT2D eigenvalue weighted by Crippen LogP contribution is -2.43. The Morgan fingerprint density at radius 1 is 1.29 bits per heavy atom. The molecule has 0 aromatic heterocycles. The molecule has 2 rings (SSSR count). The maximum absolute atomic E-state index is 3.74. The van der Waals surface area contributed by atoms with Crippen molar-refractivity contribution >= 4 is 0 Å². The first-order valence-electron chi connectivity index (χ1n) is 6.18. The van der Waals surface area contributed by atoms with Crippen LogP contribution in [0.1, 0.15) is 39.5 Å². The molecule has 0 aromatic rings. The summed E-state index contributed by atoms with van der Waals surface area (Å²) >= 11 is 0. The van der Waals surface area contributed by atoms with Crippen LogP contribution in [0.2, 0.25) is 0 Å². The van der Waals surface area contributed by atoms with Crippen LogP contribution in [0.4, 0.5) is 0 Å². The molecule has 1 heterocycles. The highest BCUT2D eigenvalue weighted by Gasteiger charge is 2.37. The molecule has 0 unspecified atom stereocenters. The molecule has 1 N–H and O–H groups in total. The van der Waals surface area contributed by atoms with E-state index in [2.05, 4.69) is 24.1 Å². The number of hydrogen-bond donors (Lipinski definition) is 1. The van der Waals surface area contributed by atoms with E-state index in [9.17, 15) is 0 Å². The second-order valence-electron chi connectivity index (χ2n) is 5.40. The fourth-order valence-electron chi connectivity index (χ4n) is 2.23. The molecule has 1 saturated heterocycles. The zero-order chi connectivity index (χ0) is 10.0. The van der Waals surface area contributed by atoms with Gasteiger partial charge in [0.25, 0.3) is 0 Å². The summed E-state index contributed by atoms with van der Waals surface area (Å²) in [5.74, 6) is 0. The summed E-state index contributed by atoms with van der Waals surface area (Å²) in [6.07, 6.45) is 5.58. The van der Waals surface area contributed by atoms with Gasteiger partial charge in [-0.3, -0.25) is 0 Å². The second kappa shape index (κ2) is 4.19. The normalized spacial score (nSPS) is 27.9. The van der Waals surface area contributed by atoms with Gasteiger partial charge in [-0.1, -0.05) is 13.8 Å². The summed E-state index contributed by atoms with van der Waals surface area (Å²) in [6, 6.07) is 0.801. The first kappa shape index (κ1) is 10.4. The van der Waals surface area contributed by atoms with Crippen molar-refractivity contribution in [1.82, 2.24) is 10.2 Å². The lowest BCUT2D eigenvalue weighted by Gasteiger charge is -2.32. The van der Waals surface area contributed by atoms with Crippen LogP contribution in [0.5, 0.6) is 0 Å². The minimum atomic E-state index is 0.669. The molecule has 0 atom stereocenters. The first-order valence-corrected chi connectivity index (χ1v) is 6.18. The van der Waals surface area contributed by atoms with E-state index < -0.39 is 0 Å². The van der Waals surface area contributed by atoms with E-state index in [4.69, 9.17) is 0 Å². The summed E-state index contributed by atoms with van der Waals surface area (Å²) < 4.78 is 0. The highest BCUT2D eigenvalue weighted by Crippen LogP contribution is 2.44. The molecular weight excluding hydrogens is 172 g/mol. The van der Waals surface area contributed by atoms with E-state index in [-0.39, 0.29) is 0 Å². The molecule has 14 heavy (non-hydrogen) atoms. The molecule has 82 valence electrons. The molecule has 2 nitrogen and oxygen atoms in total. The molecule has 2 heteroatoms. The molecule has 2 aliphatic rings. The Morgan fingerprint density at radius 2 is 1.93 bits per heavy atom. The van der Waals surface area contributed by atoms with Crippen LogP contribution in [0.25, 0.3) is 0 Å². The predicted molar refractivity (Wildman–Crippen MR) is 60.5 cm³/mol. The van der Waals surface area contributed by atoms with Gasteiger partial charge < -0.3 is 10.2 Å². The van der Waals surface area contributed by atoms with Crippen molar-refractivity contribution in [2.24, 2.45) is 5.41 Å². The van der Waals surface area contributed by atoms with Crippen LogP contribution in [-0.2, 0) is 0 Å². The van der Waals surface area contributed by atoms with Crippen LogP contribution >= 0.6 is 0 Å². The average Bonchev–Trinajstić information content (AvgIpc) is 2.95. The van der Waals surface area contributed by atoms with Crippen molar-refractivity contribution in [3.05, 3.63) is 0 Å². The Hall–Kier alpha value is -0.0800. The van der Waals surface area contributed by atoms with Crippen LogP contribution in [0.3, 0.4) is 0 Å². The van der Waals surface area contributed by atoms with Gasteiger partial charge in [-0.05, 0) is 50.7 Å². The number of likely N-dealkylation sites (tertiary alicyclic amines) is 1. The van der Waals surface area contributed by atoms with Crippen molar-refractivity contribution in [3.63, 3.8) is 0 Å². The zero-order valence-corrected chi connectivity index (χ0v) is 9.68. The molecule has 0 bridgehead atoms. The lowest BCUT2D eigenvalue weighted by molar-refractivity contribution is 0.202. The molecule has 1 aliphatic carbocycles. The van der Waals surface area contributed by atoms with Gasteiger partial charge >= 0.3 is 0 Å². The summed E-state index contributed by atoms with van der Waals surface area (Å²) in [7, 11) is 0. The fraction of sp³-hybridized carbons (Fsp3) is 1.00. The summed E-state index contributed by atoms with van der Waals surface area (Å²) in [4.78, 5) is 2.55. The van der Waals surface area contributed by atoms with Gasteiger partial charge in [0.15, 0.2) is 0 Å². The van der Waals surface area contributed by atoms with Crippen LogP contribution in [0, 0.1) is 5.41 Å². The summed E-state index contributed by atoms with van der Waals surface area (Å²) in [5, 5.41) is 3.74. The molecular formula is C12H24N2. The van der Waals surface area contributed by atoms with E-state index in [0.717, 1.165) is 6.04 Å². The summed E-state index contributed by atoms with van der Waals surface area (Å²) in [6.45, 7) is 9.74. The maximum atomic E-state index is 3.74. The minimum Gasteiger partial charge on any atom is -0.313 e. The molecule has 2 fully saturated rings. The third kappa shape index (κ3) is 2.71. The Bertz CT molecular complexity index is 179. The quantitative estimate of drug-likeness (QED) is 0.738. The van der Waals surface area contributed by atoms with Crippen molar-refractivity contribution in [3.8, 4) is 0 Å². The van der Waals surface area contributed by atoms with Crippen molar-refractivity contribution in [2.75, 3.05) is 26.2 Å². The number of rotatable bonds is 4. The largest absolute Gasteiger partial charge is 0.313 e. The Balaban J connectivity index is 1.63. The molecule has 0 radical (unpaired) electrons. The lowest BCUT2D eigenvalue weighted by atomic mass is 10.0. The fourth-order valence-corrected chi connectivity index (χ4v) is 2.23. The van der Waals surface area contributed by atoms with Gasteiger partial charge in [0.05, 0.1) is 0 Å². The Kier molecular flexibility index (Phi) is 3.13. The van der Waals surface area contributed by atoms with E-state index in [1.54, 1.807) is 0 Å². The molecule has 1 saturated carbocycles. The van der Waals surface area contributed by atoms with Gasteiger partial charge in [-0.25, -0.2) is 0 Å². The minimum absolute atomic E-state index is 0.669. The number of nitrogens with zero attached hydrogens (tertiary/aromatic N) is 1. The van der Waals surface area contributed by atoms with Crippen LogP contribution < -0.4 is 5.32 Å². The first-order chi connectivity index (χ1) is 6.72. The Morgan fingerprint density at radius 3 is 2.43 bits per heavy atom. The number of nitrogens with one attached hydrogen (secondary N) is 1. The standard InChI is InChI=1S/C12H24N2/c1-3-14-8-4-11(5-9-14)13-10-12(2)6-7-12/h11,13H,3-10H2,1-2H3. The third-order valence-electron chi connectivity index (χ3n) is 3.96. The van der Waals surface area contributed by atoms with Gasteiger partial charge in [0, 0.05) is 12.6 Å². The topological polar surface area (TPSA) is 15.3 Å². The summed E-state index contributed by atoms with van der Waals surface area (Å²) in [5.41, 5.74) is 0.669. The molecule has 0 aromatic carbocycles. The van der Waals surface area contributed by atoms with E-state index in [1.165, 1.54) is 51.9 Å². The van der Waals surface area contributed by atoms with Crippen molar-refractivity contribution < 1.29 is 0 Å². The highest BCUT2D eigenvalue weighted by molar-refractivity contribution is 4.91. The van der Waals surface area contributed by atoms with Crippen LogP contribution in [-0.4, -0.2) is 37.1 Å². The SMILES string of the molecule is CCN1CCC(NCC2(C)CC2)CC1.